The lowest BCUT2D eigenvalue weighted by molar-refractivity contribution is 0.464. The molecule has 1 unspecified atom stereocenters. The van der Waals surface area contributed by atoms with Crippen molar-refractivity contribution >= 4 is 22.8 Å². The summed E-state index contributed by atoms with van der Waals surface area (Å²) < 4.78 is 2.25. The maximum Gasteiger partial charge on any atom is 0.161 e. The lowest BCUT2D eigenvalue weighted by Gasteiger charge is -2.16. The quantitative estimate of drug-likeness (QED) is 0.804. The third-order valence-electron chi connectivity index (χ3n) is 4.12. The Balaban J connectivity index is 1.80. The van der Waals surface area contributed by atoms with Crippen LogP contribution in [0, 0.1) is 0 Å². The number of rotatable bonds is 3. The van der Waals surface area contributed by atoms with E-state index in [-0.39, 0.29) is 6.17 Å². The van der Waals surface area contributed by atoms with Gasteiger partial charge in [0, 0.05) is 17.6 Å². The largest absolute Gasteiger partial charge is 0.297 e. The van der Waals surface area contributed by atoms with Crippen LogP contribution in [0.1, 0.15) is 30.4 Å². The predicted molar refractivity (Wildman–Crippen MR) is 88.1 cm³/mol. The average Bonchev–Trinajstić information content (AvgIpc) is 3.13. The summed E-state index contributed by atoms with van der Waals surface area (Å²) in [4.78, 5) is 9.34. The van der Waals surface area contributed by atoms with E-state index in [2.05, 4.69) is 20.9 Å². The summed E-state index contributed by atoms with van der Waals surface area (Å²) in [5.41, 5.74) is 3.08. The lowest BCUT2D eigenvalue weighted by atomic mass is 10.1. The van der Waals surface area contributed by atoms with E-state index < -0.39 is 0 Å². The zero-order valence-corrected chi connectivity index (χ0v) is 12.9. The number of hydrogen-bond donors (Lipinski definition) is 1. The Hall–Kier alpha value is -1.91. The van der Waals surface area contributed by atoms with Crippen LogP contribution in [0.25, 0.3) is 11.2 Å². The Kier molecular flexibility index (Phi) is 3.56. The van der Waals surface area contributed by atoms with Gasteiger partial charge in [0.15, 0.2) is 5.65 Å². The molecule has 0 saturated carbocycles. The fourth-order valence-electron chi connectivity index (χ4n) is 3.14. The van der Waals surface area contributed by atoms with Crippen molar-refractivity contribution in [2.24, 2.45) is 0 Å². The number of imidazole rings is 1. The Morgan fingerprint density at radius 1 is 1.27 bits per heavy atom. The van der Waals surface area contributed by atoms with Crippen molar-refractivity contribution in [3.63, 3.8) is 0 Å². The summed E-state index contributed by atoms with van der Waals surface area (Å²) in [7, 11) is 0. The molecule has 4 rings (SSSR count). The van der Waals surface area contributed by atoms with Crippen molar-refractivity contribution in [3.05, 3.63) is 59.0 Å². The maximum absolute atomic E-state index is 6.10. The van der Waals surface area contributed by atoms with Gasteiger partial charge in [-0.3, -0.25) is 9.88 Å². The summed E-state index contributed by atoms with van der Waals surface area (Å²) in [6, 6.07) is 11.9. The highest BCUT2D eigenvalue weighted by molar-refractivity contribution is 6.30. The van der Waals surface area contributed by atoms with Gasteiger partial charge in [0.05, 0.1) is 6.17 Å². The van der Waals surface area contributed by atoms with E-state index in [1.54, 1.807) is 0 Å². The van der Waals surface area contributed by atoms with E-state index in [1.807, 2.05) is 36.5 Å². The molecule has 3 aromatic rings. The molecule has 1 fully saturated rings. The molecule has 1 atom stereocenters. The van der Waals surface area contributed by atoms with E-state index in [0.717, 1.165) is 41.4 Å². The van der Waals surface area contributed by atoms with Gasteiger partial charge in [0.25, 0.3) is 0 Å². The molecule has 1 N–H and O–H groups in total. The number of nitrogens with zero attached hydrogens (tertiary/aromatic N) is 3. The molecule has 1 aliphatic heterocycles. The first-order chi connectivity index (χ1) is 10.8. The van der Waals surface area contributed by atoms with Gasteiger partial charge in [0.1, 0.15) is 11.3 Å². The van der Waals surface area contributed by atoms with Crippen molar-refractivity contribution in [3.8, 4) is 0 Å². The van der Waals surface area contributed by atoms with Gasteiger partial charge in [-0.2, -0.15) is 0 Å². The Morgan fingerprint density at radius 3 is 3.05 bits per heavy atom. The Labute approximate surface area is 134 Å². The first-order valence-electron chi connectivity index (χ1n) is 7.61. The second-order valence-corrected chi connectivity index (χ2v) is 6.10. The molecule has 0 bridgehead atoms. The molecule has 0 radical (unpaired) electrons. The van der Waals surface area contributed by atoms with Gasteiger partial charge < -0.3 is 0 Å². The summed E-state index contributed by atoms with van der Waals surface area (Å²) in [6.07, 6.45) is 5.18. The second-order valence-electron chi connectivity index (χ2n) is 5.66. The number of halogens is 1. The number of hydrogen-bond acceptors (Lipinski definition) is 3. The topological polar surface area (TPSA) is 42.7 Å². The van der Waals surface area contributed by atoms with Crippen molar-refractivity contribution in [2.75, 3.05) is 6.54 Å². The van der Waals surface area contributed by atoms with Crippen LogP contribution in [-0.4, -0.2) is 21.1 Å². The molecular weight excluding hydrogens is 296 g/mol. The zero-order chi connectivity index (χ0) is 14.9. The number of nitrogens with one attached hydrogen (secondary N) is 1. The SMILES string of the molecule is Clc1cccc(Cc2nc3cccnc3n2C2CCCN2)c1. The molecule has 4 nitrogen and oxygen atoms in total. The molecule has 0 spiro atoms. The molecule has 1 aliphatic rings. The van der Waals surface area contributed by atoms with E-state index >= 15 is 0 Å². The summed E-state index contributed by atoms with van der Waals surface area (Å²) in [5.74, 6) is 1.04. The first kappa shape index (κ1) is 13.7. The van der Waals surface area contributed by atoms with Gasteiger partial charge in [-0.25, -0.2) is 9.97 Å². The molecule has 3 heterocycles. The van der Waals surface area contributed by atoms with Crippen LogP contribution in [0.4, 0.5) is 0 Å². The third kappa shape index (κ3) is 2.49. The van der Waals surface area contributed by atoms with Crippen LogP contribution in [-0.2, 0) is 6.42 Å². The second kappa shape index (κ2) is 5.71. The highest BCUT2D eigenvalue weighted by Gasteiger charge is 2.22. The number of benzene rings is 1. The minimum atomic E-state index is 0.286. The molecule has 1 aromatic carbocycles. The van der Waals surface area contributed by atoms with Crippen LogP contribution in [0.3, 0.4) is 0 Å². The van der Waals surface area contributed by atoms with Gasteiger partial charge >= 0.3 is 0 Å². The van der Waals surface area contributed by atoms with E-state index in [9.17, 15) is 0 Å². The molecular formula is C17H17ClN4. The van der Waals surface area contributed by atoms with Crippen LogP contribution in [0.2, 0.25) is 5.02 Å². The minimum absolute atomic E-state index is 0.286. The smallest absolute Gasteiger partial charge is 0.161 e. The molecule has 0 amide bonds. The normalized spacial score (nSPS) is 18.1. The molecule has 0 aliphatic carbocycles. The minimum Gasteiger partial charge on any atom is -0.297 e. The number of aromatic nitrogens is 3. The van der Waals surface area contributed by atoms with Crippen LogP contribution >= 0.6 is 11.6 Å². The lowest BCUT2D eigenvalue weighted by Crippen LogP contribution is -2.22. The van der Waals surface area contributed by atoms with Crippen molar-refractivity contribution in [1.82, 2.24) is 19.9 Å². The fraction of sp³-hybridized carbons (Fsp3) is 0.294. The van der Waals surface area contributed by atoms with Crippen LogP contribution < -0.4 is 5.32 Å². The monoisotopic (exact) mass is 312 g/mol. The van der Waals surface area contributed by atoms with Crippen molar-refractivity contribution < 1.29 is 0 Å². The molecule has 112 valence electrons. The van der Waals surface area contributed by atoms with Crippen LogP contribution in [0.5, 0.6) is 0 Å². The first-order valence-corrected chi connectivity index (χ1v) is 7.99. The predicted octanol–water partition coefficient (Wildman–Crippen LogP) is 3.56. The van der Waals surface area contributed by atoms with E-state index in [4.69, 9.17) is 16.6 Å². The number of fused-ring (bicyclic) bond motifs is 1. The summed E-state index contributed by atoms with van der Waals surface area (Å²) in [6.45, 7) is 1.05. The van der Waals surface area contributed by atoms with Gasteiger partial charge in [-0.15, -0.1) is 0 Å². The van der Waals surface area contributed by atoms with E-state index in [1.165, 1.54) is 12.0 Å². The summed E-state index contributed by atoms with van der Waals surface area (Å²) >= 11 is 6.10. The van der Waals surface area contributed by atoms with Gasteiger partial charge in [-0.05, 0) is 49.2 Å². The van der Waals surface area contributed by atoms with Crippen LogP contribution in [0.15, 0.2) is 42.6 Å². The van der Waals surface area contributed by atoms with E-state index in [0.29, 0.717) is 0 Å². The van der Waals surface area contributed by atoms with Gasteiger partial charge in [0.2, 0.25) is 0 Å². The molecule has 5 heteroatoms. The number of pyridine rings is 1. The molecule has 1 saturated heterocycles. The standard InChI is InChI=1S/C17H17ClN4/c18-13-5-1-4-12(10-13)11-16-21-14-6-2-9-20-17(14)22(16)15-7-3-8-19-15/h1-2,4-6,9-10,15,19H,3,7-8,11H2. The Bertz CT molecular complexity index is 805. The highest BCUT2D eigenvalue weighted by Crippen LogP contribution is 2.26. The molecule has 2 aromatic heterocycles. The molecule has 22 heavy (non-hydrogen) atoms. The van der Waals surface area contributed by atoms with Gasteiger partial charge in [-0.1, -0.05) is 23.7 Å². The average molecular weight is 313 g/mol. The third-order valence-corrected chi connectivity index (χ3v) is 4.35. The highest BCUT2D eigenvalue weighted by atomic mass is 35.5. The fourth-order valence-corrected chi connectivity index (χ4v) is 3.36. The van der Waals surface area contributed by atoms with Crippen molar-refractivity contribution in [1.29, 1.82) is 0 Å². The Morgan fingerprint density at radius 2 is 2.23 bits per heavy atom. The zero-order valence-electron chi connectivity index (χ0n) is 12.2. The van der Waals surface area contributed by atoms with Crippen molar-refractivity contribution in [2.45, 2.75) is 25.4 Å². The maximum atomic E-state index is 6.10. The summed E-state index contributed by atoms with van der Waals surface area (Å²) in [5, 5.41) is 4.31.